The van der Waals surface area contributed by atoms with Crippen LogP contribution in [0.25, 0.3) is 85.9 Å². The normalized spacial score (nSPS) is 11.6. The molecule has 0 aliphatic carbocycles. The second-order valence-corrected chi connectivity index (χ2v) is 15.5. The molecule has 0 spiro atoms. The van der Waals surface area contributed by atoms with Crippen molar-refractivity contribution in [1.29, 1.82) is 0 Å². The van der Waals surface area contributed by atoms with E-state index in [0.29, 0.717) is 0 Å². The number of para-hydroxylation sites is 1. The van der Waals surface area contributed by atoms with Gasteiger partial charge in [0.1, 0.15) is 0 Å². The van der Waals surface area contributed by atoms with E-state index in [-0.39, 0.29) is 0 Å². The first-order valence-electron chi connectivity index (χ1n) is 19.2. The maximum atomic E-state index is 2.40. The average molecular weight is 730 g/mol. The molecular formula is C54H35NS. The van der Waals surface area contributed by atoms with Crippen LogP contribution in [0.1, 0.15) is 0 Å². The van der Waals surface area contributed by atoms with Crippen LogP contribution in [0.2, 0.25) is 0 Å². The number of hydrogen-bond donors (Lipinski definition) is 0. The maximum absolute atomic E-state index is 2.40. The first-order valence-corrected chi connectivity index (χ1v) is 20.0. The van der Waals surface area contributed by atoms with Crippen molar-refractivity contribution in [2.24, 2.45) is 0 Å². The number of thiophene rings is 1. The van der Waals surface area contributed by atoms with E-state index in [1.165, 1.54) is 85.9 Å². The molecule has 1 heterocycles. The van der Waals surface area contributed by atoms with E-state index < -0.39 is 0 Å². The van der Waals surface area contributed by atoms with E-state index in [0.717, 1.165) is 17.1 Å². The third kappa shape index (κ3) is 5.46. The maximum Gasteiger partial charge on any atom is 0.0540 e. The summed E-state index contributed by atoms with van der Waals surface area (Å²) >= 11 is 1.88. The Hall–Kier alpha value is -7.00. The summed E-state index contributed by atoms with van der Waals surface area (Å²) in [5.74, 6) is 0. The van der Waals surface area contributed by atoms with Crippen molar-refractivity contribution in [3.8, 4) is 33.4 Å². The smallest absolute Gasteiger partial charge is 0.0540 e. The van der Waals surface area contributed by atoms with Gasteiger partial charge in [0.15, 0.2) is 0 Å². The summed E-state index contributed by atoms with van der Waals surface area (Å²) in [6.07, 6.45) is 0. The largest absolute Gasteiger partial charge is 0.310 e. The van der Waals surface area contributed by atoms with Crippen LogP contribution >= 0.6 is 11.3 Å². The molecule has 0 aliphatic rings. The summed E-state index contributed by atoms with van der Waals surface area (Å²) in [7, 11) is 0. The standard InChI is InChI=1S/C54H35NS/c1-2-11-37(12-3-1)45-15-6-8-19-52(45)55(43-31-25-39(26-32-43)46-17-10-18-50-49-16-7-9-20-53(49)56-54(46)50)42-29-23-36(24-30-42)41-22-21-40-28-33-47-44-14-5-4-13-38(44)27-34-48(47)51(40)35-41/h1-35H. The SMILES string of the molecule is c1ccc(-c2ccccc2N(c2ccc(-c3ccc4ccc5c6ccccc6ccc5c4c3)cc2)c2ccc(-c3cccc4c3sc3ccccc34)cc2)cc1. The zero-order chi connectivity index (χ0) is 37.0. The van der Waals surface area contributed by atoms with Crippen molar-refractivity contribution in [2.45, 2.75) is 0 Å². The second-order valence-electron chi connectivity index (χ2n) is 14.5. The molecule has 0 bridgehead atoms. The molecular weight excluding hydrogens is 695 g/mol. The molecule has 0 aliphatic heterocycles. The van der Waals surface area contributed by atoms with Crippen LogP contribution < -0.4 is 4.90 Å². The Morgan fingerprint density at radius 1 is 0.304 bits per heavy atom. The van der Waals surface area contributed by atoms with Gasteiger partial charge in [-0.3, -0.25) is 0 Å². The lowest BCUT2D eigenvalue weighted by Crippen LogP contribution is -2.11. The van der Waals surface area contributed by atoms with Gasteiger partial charge in [0.2, 0.25) is 0 Å². The predicted molar refractivity (Wildman–Crippen MR) is 243 cm³/mol. The molecule has 0 unspecified atom stereocenters. The van der Waals surface area contributed by atoms with Crippen LogP contribution in [-0.4, -0.2) is 0 Å². The topological polar surface area (TPSA) is 3.24 Å². The summed E-state index contributed by atoms with van der Waals surface area (Å²) in [6, 6.07) is 77.6. The molecule has 0 N–H and O–H groups in total. The van der Waals surface area contributed by atoms with E-state index in [9.17, 15) is 0 Å². The zero-order valence-electron chi connectivity index (χ0n) is 30.6. The minimum atomic E-state index is 1.11. The van der Waals surface area contributed by atoms with Gasteiger partial charge in [-0.25, -0.2) is 0 Å². The Bertz CT molecular complexity index is 3230. The van der Waals surface area contributed by atoms with Gasteiger partial charge >= 0.3 is 0 Å². The molecule has 0 saturated heterocycles. The van der Waals surface area contributed by atoms with Crippen LogP contribution in [0, 0.1) is 0 Å². The third-order valence-electron chi connectivity index (χ3n) is 11.3. The van der Waals surface area contributed by atoms with Crippen LogP contribution in [0.15, 0.2) is 212 Å². The van der Waals surface area contributed by atoms with Gasteiger partial charge in [-0.05, 0) is 103 Å². The van der Waals surface area contributed by atoms with Crippen LogP contribution in [-0.2, 0) is 0 Å². The van der Waals surface area contributed by atoms with Gasteiger partial charge in [-0.1, -0.05) is 170 Å². The molecule has 1 nitrogen and oxygen atoms in total. The number of benzene rings is 10. The molecule has 0 atom stereocenters. The Balaban J connectivity index is 1.02. The summed E-state index contributed by atoms with van der Waals surface area (Å²) in [6.45, 7) is 0. The molecule has 0 radical (unpaired) electrons. The summed E-state index contributed by atoms with van der Waals surface area (Å²) in [4.78, 5) is 2.40. The van der Waals surface area contributed by atoms with Gasteiger partial charge in [0.25, 0.3) is 0 Å². The highest BCUT2D eigenvalue weighted by Gasteiger charge is 2.18. The monoisotopic (exact) mass is 729 g/mol. The molecule has 11 rings (SSSR count). The summed E-state index contributed by atoms with van der Waals surface area (Å²) in [5, 5.41) is 10.3. The van der Waals surface area contributed by atoms with Crippen LogP contribution in [0.3, 0.4) is 0 Å². The lowest BCUT2D eigenvalue weighted by molar-refractivity contribution is 1.28. The number of fused-ring (bicyclic) bond motifs is 8. The lowest BCUT2D eigenvalue weighted by atomic mass is 9.94. The molecule has 56 heavy (non-hydrogen) atoms. The molecule has 11 aromatic rings. The number of hydrogen-bond acceptors (Lipinski definition) is 2. The highest BCUT2D eigenvalue weighted by atomic mass is 32.1. The van der Waals surface area contributed by atoms with Gasteiger partial charge in [0.05, 0.1) is 5.69 Å². The second kappa shape index (κ2) is 13.4. The van der Waals surface area contributed by atoms with E-state index in [2.05, 4.69) is 217 Å². The van der Waals surface area contributed by atoms with Crippen molar-refractivity contribution in [3.63, 3.8) is 0 Å². The summed E-state index contributed by atoms with van der Waals surface area (Å²) < 4.78 is 2.66. The van der Waals surface area contributed by atoms with Crippen molar-refractivity contribution >= 4 is 80.9 Å². The highest BCUT2D eigenvalue weighted by Crippen LogP contribution is 2.44. The predicted octanol–water partition coefficient (Wildman–Crippen LogP) is 16.0. The molecule has 0 amide bonds. The molecule has 2 heteroatoms. The molecule has 10 aromatic carbocycles. The van der Waals surface area contributed by atoms with Crippen molar-refractivity contribution in [2.75, 3.05) is 4.90 Å². The van der Waals surface area contributed by atoms with Gasteiger partial charge in [-0.2, -0.15) is 0 Å². The number of rotatable bonds is 6. The Kier molecular flexibility index (Phi) is 7.75. The first kappa shape index (κ1) is 32.4. The highest BCUT2D eigenvalue weighted by molar-refractivity contribution is 7.26. The van der Waals surface area contributed by atoms with E-state index >= 15 is 0 Å². The third-order valence-corrected chi connectivity index (χ3v) is 12.5. The van der Waals surface area contributed by atoms with E-state index in [1.54, 1.807) is 0 Å². The van der Waals surface area contributed by atoms with Crippen molar-refractivity contribution < 1.29 is 0 Å². The van der Waals surface area contributed by atoms with Gasteiger partial charge < -0.3 is 4.90 Å². The average Bonchev–Trinajstić information content (AvgIpc) is 3.66. The fraction of sp³-hybridized carbons (Fsp3) is 0. The van der Waals surface area contributed by atoms with Crippen LogP contribution in [0.4, 0.5) is 17.1 Å². The zero-order valence-corrected chi connectivity index (χ0v) is 31.4. The minimum Gasteiger partial charge on any atom is -0.310 e. The fourth-order valence-electron chi connectivity index (χ4n) is 8.52. The Labute approximate surface area is 330 Å². The minimum absolute atomic E-state index is 1.11. The Morgan fingerprint density at radius 3 is 1.66 bits per heavy atom. The van der Waals surface area contributed by atoms with E-state index in [1.807, 2.05) is 11.3 Å². The lowest BCUT2D eigenvalue weighted by Gasteiger charge is -2.28. The molecule has 262 valence electrons. The number of anilines is 3. The summed E-state index contributed by atoms with van der Waals surface area (Å²) in [5.41, 5.74) is 10.6. The van der Waals surface area contributed by atoms with Crippen molar-refractivity contribution in [3.05, 3.63) is 212 Å². The van der Waals surface area contributed by atoms with Gasteiger partial charge in [-0.15, -0.1) is 11.3 Å². The first-order chi connectivity index (χ1) is 27.8. The fourth-order valence-corrected chi connectivity index (χ4v) is 9.76. The van der Waals surface area contributed by atoms with E-state index in [4.69, 9.17) is 0 Å². The molecule has 0 fully saturated rings. The van der Waals surface area contributed by atoms with Crippen LogP contribution in [0.5, 0.6) is 0 Å². The Morgan fingerprint density at radius 2 is 0.857 bits per heavy atom. The number of nitrogens with zero attached hydrogens (tertiary/aromatic N) is 1. The molecule has 1 aromatic heterocycles. The van der Waals surface area contributed by atoms with Crippen molar-refractivity contribution in [1.82, 2.24) is 0 Å². The molecule has 0 saturated carbocycles. The quantitative estimate of drug-likeness (QED) is 0.154. The van der Waals surface area contributed by atoms with Gasteiger partial charge in [0, 0.05) is 37.1 Å².